The summed E-state index contributed by atoms with van der Waals surface area (Å²) in [5.41, 5.74) is -0.179. The average molecular weight is 394 g/mol. The van der Waals surface area contributed by atoms with Crippen molar-refractivity contribution in [2.24, 2.45) is 0 Å². The van der Waals surface area contributed by atoms with Crippen molar-refractivity contribution in [2.45, 2.75) is 6.10 Å². The largest absolute Gasteiger partial charge is 0.486 e. The number of rotatable bonds is 6. The summed E-state index contributed by atoms with van der Waals surface area (Å²) >= 11 is 0. The summed E-state index contributed by atoms with van der Waals surface area (Å²) in [6, 6.07) is 12.6. The second-order valence-corrected chi connectivity index (χ2v) is 7.93. The Hall–Kier alpha value is -2.81. The molecular weight excluding hydrogens is 375 g/mol. The van der Waals surface area contributed by atoms with Crippen molar-refractivity contribution in [3.63, 3.8) is 0 Å². The van der Waals surface area contributed by atoms with Crippen LogP contribution in [0.1, 0.15) is 0 Å². The number of hydrogen-bond acceptors (Lipinski definition) is 5. The Bertz CT molecular complexity index is 935. The number of sulfonamides is 1. The Balaban J connectivity index is 1.62. The van der Waals surface area contributed by atoms with E-state index in [4.69, 9.17) is 9.47 Å². The van der Waals surface area contributed by atoms with Gasteiger partial charge in [0.25, 0.3) is 0 Å². The van der Waals surface area contributed by atoms with Gasteiger partial charge in [-0.15, -0.1) is 0 Å². The molecule has 1 heterocycles. The molecule has 1 aliphatic rings. The number of carbonyl (C=O) groups is 1. The van der Waals surface area contributed by atoms with E-state index in [0.717, 1.165) is 16.6 Å². The second-order valence-electron chi connectivity index (χ2n) is 6.02. The van der Waals surface area contributed by atoms with E-state index in [1.165, 1.54) is 18.2 Å². The van der Waals surface area contributed by atoms with Crippen molar-refractivity contribution in [1.82, 2.24) is 5.32 Å². The van der Waals surface area contributed by atoms with E-state index in [9.17, 15) is 17.6 Å². The molecule has 2 aromatic carbocycles. The maximum Gasteiger partial charge on any atom is 0.240 e. The lowest BCUT2D eigenvalue weighted by Gasteiger charge is -2.27. The fourth-order valence-electron chi connectivity index (χ4n) is 2.61. The van der Waals surface area contributed by atoms with E-state index < -0.39 is 34.4 Å². The quantitative estimate of drug-likeness (QED) is 0.804. The molecule has 1 unspecified atom stereocenters. The maximum absolute atomic E-state index is 14.0. The number of nitrogens with zero attached hydrogens (tertiary/aromatic N) is 1. The van der Waals surface area contributed by atoms with Gasteiger partial charge < -0.3 is 14.8 Å². The first kappa shape index (κ1) is 19.0. The minimum atomic E-state index is -3.84. The van der Waals surface area contributed by atoms with Gasteiger partial charge in [0.1, 0.15) is 25.1 Å². The van der Waals surface area contributed by atoms with Gasteiger partial charge in [0.05, 0.1) is 18.5 Å². The molecule has 9 heteroatoms. The molecule has 2 aromatic rings. The van der Waals surface area contributed by atoms with Crippen LogP contribution >= 0.6 is 0 Å². The molecule has 144 valence electrons. The van der Waals surface area contributed by atoms with Crippen LogP contribution in [-0.4, -0.2) is 46.4 Å². The van der Waals surface area contributed by atoms with E-state index in [1.54, 1.807) is 12.1 Å². The highest BCUT2D eigenvalue weighted by Crippen LogP contribution is 2.30. The van der Waals surface area contributed by atoms with Gasteiger partial charge in [-0.2, -0.15) is 0 Å². The summed E-state index contributed by atoms with van der Waals surface area (Å²) in [6.45, 7) is -0.160. The molecule has 1 amide bonds. The number of para-hydroxylation sites is 3. The standard InChI is InChI=1S/C18H19FN2O5S/c1-27(23,24)21(15-7-3-2-6-14(15)19)11-18(22)20-10-13-12-25-16-8-4-5-9-17(16)26-13/h2-9,13H,10-12H2,1H3,(H,20,22). The van der Waals surface area contributed by atoms with Crippen LogP contribution in [0.15, 0.2) is 48.5 Å². The Morgan fingerprint density at radius 3 is 2.56 bits per heavy atom. The van der Waals surface area contributed by atoms with Crippen molar-refractivity contribution in [3.8, 4) is 11.5 Å². The predicted molar refractivity (Wildman–Crippen MR) is 98.0 cm³/mol. The number of nitrogens with one attached hydrogen (secondary N) is 1. The Labute approximate surface area is 156 Å². The number of fused-ring (bicyclic) bond motifs is 1. The Kier molecular flexibility index (Phi) is 5.50. The number of halogens is 1. The third kappa shape index (κ3) is 4.68. The van der Waals surface area contributed by atoms with Gasteiger partial charge in [-0.05, 0) is 24.3 Å². The minimum Gasteiger partial charge on any atom is -0.486 e. The van der Waals surface area contributed by atoms with E-state index >= 15 is 0 Å². The Morgan fingerprint density at radius 2 is 1.85 bits per heavy atom. The first-order valence-electron chi connectivity index (χ1n) is 8.22. The van der Waals surface area contributed by atoms with Crippen LogP contribution < -0.4 is 19.1 Å². The number of amides is 1. The first-order chi connectivity index (χ1) is 12.8. The highest BCUT2D eigenvalue weighted by atomic mass is 32.2. The van der Waals surface area contributed by atoms with Crippen LogP contribution in [0, 0.1) is 5.82 Å². The molecule has 1 atom stereocenters. The third-order valence-corrected chi connectivity index (χ3v) is 5.03. The van der Waals surface area contributed by atoms with Crippen molar-refractivity contribution >= 4 is 21.6 Å². The first-order valence-corrected chi connectivity index (χ1v) is 10.1. The van der Waals surface area contributed by atoms with Crippen LogP contribution in [0.5, 0.6) is 11.5 Å². The molecule has 1 N–H and O–H groups in total. The van der Waals surface area contributed by atoms with Crippen molar-refractivity contribution in [2.75, 3.05) is 30.3 Å². The van der Waals surface area contributed by atoms with Crippen LogP contribution in [0.2, 0.25) is 0 Å². The van der Waals surface area contributed by atoms with Crippen LogP contribution in [-0.2, 0) is 14.8 Å². The zero-order valence-electron chi connectivity index (χ0n) is 14.6. The molecule has 3 rings (SSSR count). The van der Waals surface area contributed by atoms with Crippen molar-refractivity contribution < 1.29 is 27.1 Å². The minimum absolute atomic E-state index is 0.127. The second kappa shape index (κ2) is 7.83. The fraction of sp³-hybridized carbons (Fsp3) is 0.278. The lowest BCUT2D eigenvalue weighted by Crippen LogP contribution is -2.45. The molecule has 0 aromatic heterocycles. The van der Waals surface area contributed by atoms with Gasteiger partial charge in [0.2, 0.25) is 15.9 Å². The van der Waals surface area contributed by atoms with Crippen molar-refractivity contribution in [1.29, 1.82) is 0 Å². The number of carbonyl (C=O) groups excluding carboxylic acids is 1. The highest BCUT2D eigenvalue weighted by Gasteiger charge is 2.25. The van der Waals surface area contributed by atoms with Gasteiger partial charge in [-0.1, -0.05) is 24.3 Å². The lowest BCUT2D eigenvalue weighted by atomic mass is 10.2. The van der Waals surface area contributed by atoms with Crippen LogP contribution in [0.3, 0.4) is 0 Å². The molecular formula is C18H19FN2O5S. The molecule has 0 saturated heterocycles. The van der Waals surface area contributed by atoms with Gasteiger partial charge >= 0.3 is 0 Å². The molecule has 27 heavy (non-hydrogen) atoms. The zero-order chi connectivity index (χ0) is 19.4. The highest BCUT2D eigenvalue weighted by molar-refractivity contribution is 7.92. The maximum atomic E-state index is 14.0. The summed E-state index contributed by atoms with van der Waals surface area (Å²) in [7, 11) is -3.84. The lowest BCUT2D eigenvalue weighted by molar-refractivity contribution is -0.120. The summed E-state index contributed by atoms with van der Waals surface area (Å²) in [6.07, 6.45) is 0.505. The molecule has 0 spiro atoms. The van der Waals surface area contributed by atoms with E-state index in [1.807, 2.05) is 12.1 Å². The van der Waals surface area contributed by atoms with E-state index in [-0.39, 0.29) is 18.8 Å². The van der Waals surface area contributed by atoms with Gasteiger partial charge in [0.15, 0.2) is 11.5 Å². The number of hydrogen-bond donors (Lipinski definition) is 1. The van der Waals surface area contributed by atoms with Gasteiger partial charge in [0, 0.05) is 0 Å². The molecule has 0 bridgehead atoms. The zero-order valence-corrected chi connectivity index (χ0v) is 15.4. The van der Waals surface area contributed by atoms with E-state index in [0.29, 0.717) is 11.5 Å². The van der Waals surface area contributed by atoms with Gasteiger partial charge in [-0.3, -0.25) is 9.10 Å². The van der Waals surface area contributed by atoms with Crippen molar-refractivity contribution in [3.05, 3.63) is 54.3 Å². The predicted octanol–water partition coefficient (Wildman–Crippen LogP) is 1.55. The summed E-state index contributed by atoms with van der Waals surface area (Å²) in [5, 5.41) is 2.60. The molecule has 7 nitrogen and oxygen atoms in total. The smallest absolute Gasteiger partial charge is 0.240 e. The molecule has 0 radical (unpaired) electrons. The Morgan fingerprint density at radius 1 is 1.19 bits per heavy atom. The van der Waals surface area contributed by atoms with Crippen LogP contribution in [0.25, 0.3) is 0 Å². The summed E-state index contributed by atoms with van der Waals surface area (Å²) in [5.74, 6) is -0.0996. The normalized spacial score (nSPS) is 15.9. The molecule has 0 fully saturated rings. The monoisotopic (exact) mass is 394 g/mol. The summed E-state index contributed by atoms with van der Waals surface area (Å²) in [4.78, 5) is 12.2. The number of ether oxygens (including phenoxy) is 2. The van der Waals surface area contributed by atoms with Gasteiger partial charge in [-0.25, -0.2) is 12.8 Å². The fourth-order valence-corrected chi connectivity index (χ4v) is 3.47. The molecule has 1 aliphatic heterocycles. The third-order valence-electron chi connectivity index (χ3n) is 3.90. The molecule has 0 saturated carbocycles. The van der Waals surface area contributed by atoms with Crippen LogP contribution in [0.4, 0.5) is 10.1 Å². The van der Waals surface area contributed by atoms with E-state index in [2.05, 4.69) is 5.32 Å². The topological polar surface area (TPSA) is 84.9 Å². The average Bonchev–Trinajstić information content (AvgIpc) is 2.64. The summed E-state index contributed by atoms with van der Waals surface area (Å²) < 4.78 is 50.0. The number of benzene rings is 2. The SMILES string of the molecule is CS(=O)(=O)N(CC(=O)NCC1COc2ccccc2O1)c1ccccc1F. The molecule has 0 aliphatic carbocycles. The number of anilines is 1.